The van der Waals surface area contributed by atoms with Crippen molar-refractivity contribution in [2.24, 2.45) is 0 Å². The standard InChI is InChI=1S/C20H13ClN2OS2/c21-15-8-6-13(7-9-15)17(24)12-26-20-22-18(14-4-2-1-3-5-14)16-10-11-25-19(16)23-20/h1-11H,12H2. The lowest BCUT2D eigenvalue weighted by Crippen LogP contribution is -2.03. The fraction of sp³-hybridized carbons (Fsp3) is 0.0500. The van der Waals surface area contributed by atoms with Crippen LogP contribution in [0.3, 0.4) is 0 Å². The first kappa shape index (κ1) is 17.2. The van der Waals surface area contributed by atoms with Gasteiger partial charge in [-0.2, -0.15) is 0 Å². The van der Waals surface area contributed by atoms with Crippen LogP contribution in [0.1, 0.15) is 10.4 Å². The number of thiophene rings is 1. The number of halogens is 1. The molecule has 2 aromatic heterocycles. The number of benzene rings is 2. The van der Waals surface area contributed by atoms with Crippen LogP contribution in [0.25, 0.3) is 21.5 Å². The van der Waals surface area contributed by atoms with Crippen LogP contribution in [0.5, 0.6) is 0 Å². The molecule has 0 saturated heterocycles. The second-order valence-corrected chi connectivity index (χ2v) is 7.85. The lowest BCUT2D eigenvalue weighted by Gasteiger charge is -2.06. The molecule has 0 aliphatic heterocycles. The van der Waals surface area contributed by atoms with Gasteiger partial charge >= 0.3 is 0 Å². The van der Waals surface area contributed by atoms with Crippen LogP contribution in [-0.4, -0.2) is 21.5 Å². The van der Waals surface area contributed by atoms with Crippen LogP contribution in [-0.2, 0) is 0 Å². The quantitative estimate of drug-likeness (QED) is 0.236. The van der Waals surface area contributed by atoms with Crippen molar-refractivity contribution in [1.82, 2.24) is 9.97 Å². The summed E-state index contributed by atoms with van der Waals surface area (Å²) in [4.78, 5) is 22.6. The zero-order chi connectivity index (χ0) is 17.9. The van der Waals surface area contributed by atoms with Crippen molar-refractivity contribution in [1.29, 1.82) is 0 Å². The van der Waals surface area contributed by atoms with Crippen LogP contribution in [0.2, 0.25) is 5.02 Å². The van der Waals surface area contributed by atoms with Gasteiger partial charge in [0.25, 0.3) is 0 Å². The molecule has 0 aliphatic rings. The van der Waals surface area contributed by atoms with Crippen LogP contribution in [0.4, 0.5) is 0 Å². The van der Waals surface area contributed by atoms with Crippen molar-refractivity contribution in [2.75, 3.05) is 5.75 Å². The van der Waals surface area contributed by atoms with Crippen molar-refractivity contribution in [3.63, 3.8) is 0 Å². The number of Topliss-reactive ketones (excluding diaryl/α,β-unsaturated/α-hetero) is 1. The van der Waals surface area contributed by atoms with Gasteiger partial charge in [0.15, 0.2) is 10.9 Å². The largest absolute Gasteiger partial charge is 0.293 e. The van der Waals surface area contributed by atoms with E-state index in [1.807, 2.05) is 41.8 Å². The van der Waals surface area contributed by atoms with Crippen molar-refractivity contribution in [3.8, 4) is 11.3 Å². The second-order valence-electron chi connectivity index (χ2n) is 5.58. The molecule has 0 radical (unpaired) electrons. The highest BCUT2D eigenvalue weighted by atomic mass is 35.5. The molecule has 0 amide bonds. The third kappa shape index (κ3) is 3.65. The zero-order valence-corrected chi connectivity index (χ0v) is 15.9. The summed E-state index contributed by atoms with van der Waals surface area (Å²) in [5.74, 6) is 0.315. The molecule has 128 valence electrons. The van der Waals surface area contributed by atoms with Gasteiger partial charge in [-0.25, -0.2) is 9.97 Å². The average molecular weight is 397 g/mol. The van der Waals surface area contributed by atoms with Crippen LogP contribution in [0.15, 0.2) is 71.2 Å². The molecule has 0 N–H and O–H groups in total. The second kappa shape index (κ2) is 7.58. The van der Waals surface area contributed by atoms with E-state index in [9.17, 15) is 4.79 Å². The zero-order valence-electron chi connectivity index (χ0n) is 13.6. The van der Waals surface area contributed by atoms with E-state index in [2.05, 4.69) is 4.98 Å². The lowest BCUT2D eigenvalue weighted by molar-refractivity contribution is 0.102. The SMILES string of the molecule is O=C(CSc1nc(-c2ccccc2)c2ccsc2n1)c1ccc(Cl)cc1. The van der Waals surface area contributed by atoms with Gasteiger partial charge in [0.05, 0.1) is 11.4 Å². The Balaban J connectivity index is 1.61. The Bertz CT molecular complexity index is 1060. The minimum absolute atomic E-state index is 0.0304. The van der Waals surface area contributed by atoms with Gasteiger partial charge in [-0.3, -0.25) is 4.79 Å². The van der Waals surface area contributed by atoms with Gasteiger partial charge in [0, 0.05) is 21.5 Å². The minimum atomic E-state index is 0.0304. The van der Waals surface area contributed by atoms with E-state index < -0.39 is 0 Å². The number of nitrogens with zero attached hydrogens (tertiary/aromatic N) is 2. The Hall–Kier alpha value is -2.21. The summed E-state index contributed by atoms with van der Waals surface area (Å²) in [5, 5.41) is 4.28. The van der Waals surface area contributed by atoms with E-state index in [1.54, 1.807) is 35.6 Å². The number of thioether (sulfide) groups is 1. The molecular weight excluding hydrogens is 384 g/mol. The van der Waals surface area contributed by atoms with Crippen LogP contribution >= 0.6 is 34.7 Å². The molecule has 4 rings (SSSR count). The molecule has 0 unspecified atom stereocenters. The molecule has 3 nitrogen and oxygen atoms in total. The number of fused-ring (bicyclic) bond motifs is 1. The number of hydrogen-bond donors (Lipinski definition) is 0. The third-order valence-electron chi connectivity index (χ3n) is 3.85. The highest BCUT2D eigenvalue weighted by molar-refractivity contribution is 7.99. The molecule has 0 saturated carbocycles. The molecule has 0 fully saturated rings. The topological polar surface area (TPSA) is 42.9 Å². The first-order valence-corrected chi connectivity index (χ1v) is 10.2. The summed E-state index contributed by atoms with van der Waals surface area (Å²) >= 11 is 8.81. The summed E-state index contributed by atoms with van der Waals surface area (Å²) < 4.78 is 0. The number of carbonyl (C=O) groups is 1. The molecule has 0 aliphatic carbocycles. The molecule has 26 heavy (non-hydrogen) atoms. The van der Waals surface area contributed by atoms with Gasteiger partial charge in [0.1, 0.15) is 4.83 Å². The summed E-state index contributed by atoms with van der Waals surface area (Å²) in [6.45, 7) is 0. The van der Waals surface area contributed by atoms with Crippen molar-refractivity contribution in [2.45, 2.75) is 5.16 Å². The predicted molar refractivity (Wildman–Crippen MR) is 109 cm³/mol. The van der Waals surface area contributed by atoms with Gasteiger partial charge in [-0.05, 0) is 35.7 Å². The van der Waals surface area contributed by atoms with E-state index in [0.29, 0.717) is 15.7 Å². The normalized spacial score (nSPS) is 11.0. The summed E-state index contributed by atoms with van der Waals surface area (Å²) in [6, 6.07) is 19.0. The van der Waals surface area contributed by atoms with E-state index in [4.69, 9.17) is 16.6 Å². The number of hydrogen-bond acceptors (Lipinski definition) is 5. The van der Waals surface area contributed by atoms with Crippen molar-refractivity contribution < 1.29 is 4.79 Å². The Morgan fingerprint density at radius 2 is 1.77 bits per heavy atom. The maximum atomic E-state index is 12.4. The Labute approximate surface area is 164 Å². The van der Waals surface area contributed by atoms with Crippen molar-refractivity contribution in [3.05, 3.63) is 76.6 Å². The van der Waals surface area contributed by atoms with E-state index in [-0.39, 0.29) is 11.5 Å². The maximum Gasteiger partial charge on any atom is 0.189 e. The van der Waals surface area contributed by atoms with E-state index >= 15 is 0 Å². The molecular formula is C20H13ClN2OS2. The predicted octanol–water partition coefficient (Wildman–Crippen LogP) is 5.99. The number of rotatable bonds is 5. The Kier molecular flexibility index (Phi) is 5.02. The smallest absolute Gasteiger partial charge is 0.189 e. The monoisotopic (exact) mass is 396 g/mol. The van der Waals surface area contributed by atoms with E-state index in [1.165, 1.54) is 11.8 Å². The first-order chi connectivity index (χ1) is 12.7. The molecule has 2 aromatic carbocycles. The first-order valence-electron chi connectivity index (χ1n) is 7.93. The summed E-state index contributed by atoms with van der Waals surface area (Å²) in [5.41, 5.74) is 2.59. The van der Waals surface area contributed by atoms with Gasteiger partial charge in [-0.1, -0.05) is 53.7 Å². The maximum absolute atomic E-state index is 12.4. The molecule has 4 aromatic rings. The molecule has 0 spiro atoms. The Morgan fingerprint density at radius 1 is 1.00 bits per heavy atom. The van der Waals surface area contributed by atoms with Crippen LogP contribution < -0.4 is 0 Å². The number of ketones is 1. The Morgan fingerprint density at radius 3 is 2.54 bits per heavy atom. The molecule has 0 bridgehead atoms. The number of aromatic nitrogens is 2. The summed E-state index contributed by atoms with van der Waals surface area (Å²) in [6.07, 6.45) is 0. The summed E-state index contributed by atoms with van der Waals surface area (Å²) in [7, 11) is 0. The highest BCUT2D eigenvalue weighted by Crippen LogP contribution is 2.31. The fourth-order valence-electron chi connectivity index (χ4n) is 2.57. The van der Waals surface area contributed by atoms with Crippen molar-refractivity contribution >= 4 is 50.7 Å². The minimum Gasteiger partial charge on any atom is -0.293 e. The lowest BCUT2D eigenvalue weighted by atomic mass is 10.1. The van der Waals surface area contributed by atoms with Gasteiger partial charge in [0.2, 0.25) is 0 Å². The third-order valence-corrected chi connectivity index (χ3v) is 5.76. The average Bonchev–Trinajstić information content (AvgIpc) is 3.15. The van der Waals surface area contributed by atoms with Gasteiger partial charge < -0.3 is 0 Å². The number of carbonyl (C=O) groups excluding carboxylic acids is 1. The van der Waals surface area contributed by atoms with E-state index in [0.717, 1.165) is 21.5 Å². The molecule has 6 heteroatoms. The highest BCUT2D eigenvalue weighted by Gasteiger charge is 2.13. The fourth-order valence-corrected chi connectivity index (χ4v) is 4.25. The molecule has 2 heterocycles. The van der Waals surface area contributed by atoms with Crippen LogP contribution in [0, 0.1) is 0 Å². The molecule has 0 atom stereocenters. The van der Waals surface area contributed by atoms with Gasteiger partial charge in [-0.15, -0.1) is 11.3 Å².